The van der Waals surface area contributed by atoms with Gasteiger partial charge in [0.2, 0.25) is 0 Å². The fraction of sp³-hybridized carbons (Fsp3) is 0.429. The smallest absolute Gasteiger partial charge is 0.251 e. The summed E-state index contributed by atoms with van der Waals surface area (Å²) in [4.78, 5) is 12.0. The maximum Gasteiger partial charge on any atom is 0.251 e. The predicted molar refractivity (Wildman–Crippen MR) is 72.5 cm³/mol. The Balaban J connectivity index is 2.04. The van der Waals surface area contributed by atoms with Crippen molar-refractivity contribution in [2.45, 2.75) is 26.7 Å². The average Bonchev–Trinajstić information content (AvgIpc) is 2.86. The van der Waals surface area contributed by atoms with E-state index in [-0.39, 0.29) is 5.91 Å². The quantitative estimate of drug-likeness (QED) is 0.851. The highest BCUT2D eigenvalue weighted by molar-refractivity contribution is 5.97. The van der Waals surface area contributed by atoms with Crippen molar-refractivity contribution in [3.63, 3.8) is 0 Å². The summed E-state index contributed by atoms with van der Waals surface area (Å²) in [6.07, 6.45) is 3.94. The van der Waals surface area contributed by atoms with E-state index in [1.807, 2.05) is 18.2 Å². The molecular weight excluding hydrogens is 226 g/mol. The first-order valence-electron chi connectivity index (χ1n) is 6.46. The molecule has 0 radical (unpaired) electrons. The predicted octanol–water partition coefficient (Wildman–Crippen LogP) is 2.73. The van der Waals surface area contributed by atoms with Crippen LogP contribution in [-0.2, 0) is 0 Å². The zero-order chi connectivity index (χ0) is 13.0. The lowest BCUT2D eigenvalue weighted by molar-refractivity contribution is 0.0946. The maximum atomic E-state index is 12.0. The molecule has 2 rings (SSSR count). The van der Waals surface area contributed by atoms with Gasteiger partial charge in [-0.3, -0.25) is 9.89 Å². The van der Waals surface area contributed by atoms with Gasteiger partial charge in [-0.25, -0.2) is 0 Å². The second kappa shape index (κ2) is 5.67. The summed E-state index contributed by atoms with van der Waals surface area (Å²) < 4.78 is 0. The van der Waals surface area contributed by atoms with E-state index in [4.69, 9.17) is 0 Å². The van der Waals surface area contributed by atoms with E-state index in [1.54, 1.807) is 6.20 Å². The van der Waals surface area contributed by atoms with Gasteiger partial charge in [0.05, 0.1) is 11.7 Å². The van der Waals surface area contributed by atoms with Crippen molar-refractivity contribution in [2.75, 3.05) is 6.54 Å². The summed E-state index contributed by atoms with van der Waals surface area (Å²) in [5.41, 5.74) is 1.57. The Morgan fingerprint density at radius 3 is 2.89 bits per heavy atom. The molecule has 1 aromatic carbocycles. The first kappa shape index (κ1) is 12.6. The van der Waals surface area contributed by atoms with E-state index in [1.165, 1.54) is 0 Å². The van der Waals surface area contributed by atoms with Gasteiger partial charge in [0.15, 0.2) is 0 Å². The van der Waals surface area contributed by atoms with E-state index in [2.05, 4.69) is 29.4 Å². The van der Waals surface area contributed by atoms with Gasteiger partial charge in [-0.05, 0) is 18.1 Å². The largest absolute Gasteiger partial charge is 0.352 e. The minimum Gasteiger partial charge on any atom is -0.352 e. The molecule has 0 aliphatic heterocycles. The molecule has 1 heterocycles. The molecule has 1 aromatic heterocycles. The fourth-order valence-electron chi connectivity index (χ4n) is 1.99. The van der Waals surface area contributed by atoms with Gasteiger partial charge < -0.3 is 5.32 Å². The lowest BCUT2D eigenvalue weighted by atomic mass is 10.0. The van der Waals surface area contributed by atoms with Crippen LogP contribution in [0.4, 0.5) is 0 Å². The zero-order valence-corrected chi connectivity index (χ0v) is 10.9. The molecule has 0 saturated heterocycles. The molecule has 0 bridgehead atoms. The van der Waals surface area contributed by atoms with Crippen molar-refractivity contribution in [3.05, 3.63) is 30.0 Å². The van der Waals surface area contributed by atoms with Crippen LogP contribution in [0, 0.1) is 5.92 Å². The Morgan fingerprint density at radius 2 is 2.17 bits per heavy atom. The molecule has 1 amide bonds. The van der Waals surface area contributed by atoms with E-state index < -0.39 is 0 Å². The molecule has 18 heavy (non-hydrogen) atoms. The highest BCUT2D eigenvalue weighted by Crippen LogP contribution is 2.13. The molecule has 0 saturated carbocycles. The second-order valence-electron chi connectivity index (χ2n) is 4.56. The van der Waals surface area contributed by atoms with Crippen LogP contribution >= 0.6 is 0 Å². The molecule has 2 N–H and O–H groups in total. The van der Waals surface area contributed by atoms with Crippen molar-refractivity contribution in [3.8, 4) is 0 Å². The van der Waals surface area contributed by atoms with Crippen molar-refractivity contribution >= 4 is 16.8 Å². The number of H-pyrrole nitrogens is 1. The molecule has 0 spiro atoms. The van der Waals surface area contributed by atoms with Crippen molar-refractivity contribution in [1.82, 2.24) is 15.5 Å². The number of carbonyl (C=O) groups is 1. The summed E-state index contributed by atoms with van der Waals surface area (Å²) in [6, 6.07) is 5.58. The Hall–Kier alpha value is -1.84. The number of hydrogen-bond acceptors (Lipinski definition) is 2. The monoisotopic (exact) mass is 245 g/mol. The summed E-state index contributed by atoms with van der Waals surface area (Å²) >= 11 is 0. The van der Waals surface area contributed by atoms with Crippen LogP contribution in [0.15, 0.2) is 24.4 Å². The Morgan fingerprint density at radius 1 is 1.39 bits per heavy atom. The first-order valence-corrected chi connectivity index (χ1v) is 6.46. The number of rotatable bonds is 5. The molecule has 4 nitrogen and oxygen atoms in total. The number of aromatic nitrogens is 2. The van der Waals surface area contributed by atoms with Gasteiger partial charge in [0.1, 0.15) is 0 Å². The standard InChI is InChI=1S/C14H19N3O/c1-3-10(4-2)8-15-14(18)11-5-6-12-9-16-17-13(12)7-11/h5-7,9-10H,3-4,8H2,1-2H3,(H,15,18)(H,16,17). The van der Waals surface area contributed by atoms with Crippen LogP contribution in [0.5, 0.6) is 0 Å². The second-order valence-corrected chi connectivity index (χ2v) is 4.56. The molecule has 4 heteroatoms. The van der Waals surface area contributed by atoms with Crippen molar-refractivity contribution in [2.24, 2.45) is 5.92 Å². The van der Waals surface area contributed by atoms with E-state index in [9.17, 15) is 4.79 Å². The number of carbonyl (C=O) groups excluding carboxylic acids is 1. The summed E-state index contributed by atoms with van der Waals surface area (Å²) in [5.74, 6) is 0.545. The molecule has 96 valence electrons. The van der Waals surface area contributed by atoms with Crippen molar-refractivity contribution < 1.29 is 4.79 Å². The van der Waals surface area contributed by atoms with Crippen molar-refractivity contribution in [1.29, 1.82) is 0 Å². The van der Waals surface area contributed by atoms with Gasteiger partial charge >= 0.3 is 0 Å². The van der Waals surface area contributed by atoms with Gasteiger partial charge in [0.25, 0.3) is 5.91 Å². The van der Waals surface area contributed by atoms with Gasteiger partial charge in [-0.1, -0.05) is 32.8 Å². The van der Waals surface area contributed by atoms with E-state index >= 15 is 0 Å². The average molecular weight is 245 g/mol. The lowest BCUT2D eigenvalue weighted by Gasteiger charge is -2.13. The van der Waals surface area contributed by atoms with Gasteiger partial charge in [-0.2, -0.15) is 5.10 Å². The number of fused-ring (bicyclic) bond motifs is 1. The van der Waals surface area contributed by atoms with E-state index in [0.717, 1.165) is 30.3 Å². The number of nitrogens with one attached hydrogen (secondary N) is 2. The normalized spacial score (nSPS) is 11.1. The number of amides is 1. The fourth-order valence-corrected chi connectivity index (χ4v) is 1.99. The molecule has 0 unspecified atom stereocenters. The molecule has 2 aromatic rings. The number of aromatic amines is 1. The maximum absolute atomic E-state index is 12.0. The van der Waals surface area contributed by atoms with Crippen LogP contribution in [0.25, 0.3) is 10.9 Å². The van der Waals surface area contributed by atoms with Gasteiger partial charge in [-0.15, -0.1) is 0 Å². The SMILES string of the molecule is CCC(CC)CNC(=O)c1ccc2cn[nH]c2c1. The number of hydrogen-bond donors (Lipinski definition) is 2. The molecule has 0 fully saturated rings. The third kappa shape index (κ3) is 2.70. The third-order valence-corrected chi connectivity index (χ3v) is 3.41. The van der Waals surface area contributed by atoms with Crippen LogP contribution < -0.4 is 5.32 Å². The highest BCUT2D eigenvalue weighted by Gasteiger charge is 2.09. The molecule has 0 aliphatic rings. The zero-order valence-electron chi connectivity index (χ0n) is 10.9. The molecular formula is C14H19N3O. The highest BCUT2D eigenvalue weighted by atomic mass is 16.1. The Bertz CT molecular complexity index is 529. The number of benzene rings is 1. The number of nitrogens with zero attached hydrogens (tertiary/aromatic N) is 1. The van der Waals surface area contributed by atoms with Crippen LogP contribution in [0.1, 0.15) is 37.0 Å². The summed E-state index contributed by atoms with van der Waals surface area (Å²) in [7, 11) is 0. The Kier molecular flexibility index (Phi) is 3.97. The topological polar surface area (TPSA) is 57.8 Å². The first-order chi connectivity index (χ1) is 8.74. The van der Waals surface area contributed by atoms with Crippen LogP contribution in [0.2, 0.25) is 0 Å². The lowest BCUT2D eigenvalue weighted by Crippen LogP contribution is -2.28. The summed E-state index contributed by atoms with van der Waals surface area (Å²) in [5, 5.41) is 10.8. The summed E-state index contributed by atoms with van der Waals surface area (Å²) in [6.45, 7) is 5.04. The van der Waals surface area contributed by atoms with Crippen LogP contribution in [-0.4, -0.2) is 22.6 Å². The van der Waals surface area contributed by atoms with Gasteiger partial charge in [0, 0.05) is 17.5 Å². The van der Waals surface area contributed by atoms with E-state index in [0.29, 0.717) is 11.5 Å². The minimum absolute atomic E-state index is 0.0154. The molecule has 0 atom stereocenters. The Labute approximate surface area is 107 Å². The third-order valence-electron chi connectivity index (χ3n) is 3.41. The molecule has 0 aliphatic carbocycles. The van der Waals surface area contributed by atoms with Crippen LogP contribution in [0.3, 0.4) is 0 Å². The minimum atomic E-state index is -0.0154.